The van der Waals surface area contributed by atoms with E-state index >= 15 is 0 Å². The van der Waals surface area contributed by atoms with E-state index < -0.39 is 0 Å². The number of H-pyrrole nitrogens is 1. The average molecular weight is 313 g/mol. The van der Waals surface area contributed by atoms with E-state index in [1.165, 1.54) is 19.3 Å². The number of aromatic amines is 1. The topological polar surface area (TPSA) is 88.0 Å². The van der Waals surface area contributed by atoms with Crippen LogP contribution in [0, 0.1) is 5.92 Å². The summed E-state index contributed by atoms with van der Waals surface area (Å²) in [5, 5.41) is 4.37. The quantitative estimate of drug-likeness (QED) is 0.808. The first-order valence-corrected chi connectivity index (χ1v) is 8.32. The third kappa shape index (κ3) is 3.45. The summed E-state index contributed by atoms with van der Waals surface area (Å²) in [6.45, 7) is 0.425. The molecular weight excluding hydrogens is 290 g/mol. The van der Waals surface area contributed by atoms with Gasteiger partial charge in [0.15, 0.2) is 0 Å². The normalized spacial score (nSPS) is 17.1. The molecule has 2 aromatic rings. The van der Waals surface area contributed by atoms with Crippen LogP contribution in [0.3, 0.4) is 0 Å². The van der Waals surface area contributed by atoms with Crippen LogP contribution in [0.2, 0.25) is 0 Å². The second-order valence-corrected chi connectivity index (χ2v) is 6.31. The van der Waals surface area contributed by atoms with Gasteiger partial charge in [-0.2, -0.15) is 0 Å². The van der Waals surface area contributed by atoms with Gasteiger partial charge < -0.3 is 16.0 Å². The third-order valence-electron chi connectivity index (χ3n) is 4.79. The molecule has 0 spiro atoms. The number of hydrogen-bond acceptors (Lipinski definition) is 3. The predicted octanol–water partition coefficient (Wildman–Crippen LogP) is 2.17. The fourth-order valence-electron chi connectivity index (χ4n) is 3.49. The minimum absolute atomic E-state index is 0.0298. The van der Waals surface area contributed by atoms with Crippen molar-refractivity contribution in [1.82, 2.24) is 10.3 Å². The van der Waals surface area contributed by atoms with E-state index in [1.54, 1.807) is 12.1 Å². The lowest BCUT2D eigenvalue weighted by molar-refractivity contribution is 0.0910. The van der Waals surface area contributed by atoms with Gasteiger partial charge in [0, 0.05) is 18.0 Å². The minimum Gasteiger partial charge on any atom is -0.346 e. The Kier molecular flexibility index (Phi) is 4.76. The molecule has 1 unspecified atom stereocenters. The first-order valence-electron chi connectivity index (χ1n) is 8.32. The summed E-state index contributed by atoms with van der Waals surface area (Å²) in [6.07, 6.45) is 5.88. The highest BCUT2D eigenvalue weighted by Gasteiger charge is 2.24. The Hall–Kier alpha value is -2.14. The zero-order valence-corrected chi connectivity index (χ0v) is 13.2. The Morgan fingerprint density at radius 2 is 2.00 bits per heavy atom. The predicted molar refractivity (Wildman–Crippen MR) is 91.5 cm³/mol. The van der Waals surface area contributed by atoms with Crippen LogP contribution in [0.4, 0.5) is 0 Å². The molecule has 1 atom stereocenters. The Bertz CT molecular complexity index is 747. The van der Waals surface area contributed by atoms with Crippen molar-refractivity contribution in [3.63, 3.8) is 0 Å². The summed E-state index contributed by atoms with van der Waals surface area (Å²) < 4.78 is 0. The largest absolute Gasteiger partial charge is 0.346 e. The molecule has 5 nitrogen and oxygen atoms in total. The molecular formula is C18H23N3O2. The second-order valence-electron chi connectivity index (χ2n) is 6.31. The van der Waals surface area contributed by atoms with Crippen LogP contribution in [0.1, 0.15) is 42.6 Å². The lowest BCUT2D eigenvalue weighted by Crippen LogP contribution is -2.46. The van der Waals surface area contributed by atoms with Gasteiger partial charge in [-0.25, -0.2) is 0 Å². The van der Waals surface area contributed by atoms with E-state index in [-0.39, 0.29) is 17.5 Å². The lowest BCUT2D eigenvalue weighted by Gasteiger charge is -2.30. The number of benzene rings is 1. The minimum atomic E-state index is -0.256. The number of pyridine rings is 1. The highest BCUT2D eigenvalue weighted by atomic mass is 16.2. The molecule has 4 N–H and O–H groups in total. The zero-order chi connectivity index (χ0) is 16.2. The van der Waals surface area contributed by atoms with Gasteiger partial charge in [-0.1, -0.05) is 37.5 Å². The van der Waals surface area contributed by atoms with E-state index in [9.17, 15) is 9.59 Å². The van der Waals surface area contributed by atoms with Crippen molar-refractivity contribution in [2.75, 3.05) is 6.54 Å². The number of nitrogens with two attached hydrogens (primary N) is 1. The van der Waals surface area contributed by atoms with Crippen LogP contribution in [-0.4, -0.2) is 23.5 Å². The Balaban J connectivity index is 1.80. The van der Waals surface area contributed by atoms with E-state index in [2.05, 4.69) is 10.3 Å². The van der Waals surface area contributed by atoms with Crippen molar-refractivity contribution in [2.24, 2.45) is 11.7 Å². The summed E-state index contributed by atoms with van der Waals surface area (Å²) in [5.41, 5.74) is 5.92. The van der Waals surface area contributed by atoms with Crippen molar-refractivity contribution < 1.29 is 4.79 Å². The summed E-state index contributed by atoms with van der Waals surface area (Å²) in [4.78, 5) is 27.3. The summed E-state index contributed by atoms with van der Waals surface area (Å²) in [7, 11) is 0. The number of hydrogen-bond donors (Lipinski definition) is 3. The summed E-state index contributed by atoms with van der Waals surface area (Å²) in [5.74, 6) is 0.179. The zero-order valence-electron chi connectivity index (χ0n) is 13.2. The van der Waals surface area contributed by atoms with Gasteiger partial charge in [-0.3, -0.25) is 9.59 Å². The number of rotatable bonds is 4. The molecule has 122 valence electrons. The average Bonchev–Trinajstić information content (AvgIpc) is 2.60. The van der Waals surface area contributed by atoms with Gasteiger partial charge in [0.1, 0.15) is 5.69 Å². The molecule has 0 bridgehead atoms. The fourth-order valence-corrected chi connectivity index (χ4v) is 3.49. The number of aromatic nitrogens is 1. The smallest absolute Gasteiger partial charge is 0.268 e. The van der Waals surface area contributed by atoms with E-state index in [0.717, 1.165) is 18.2 Å². The van der Waals surface area contributed by atoms with Crippen molar-refractivity contribution in [2.45, 2.75) is 38.1 Å². The van der Waals surface area contributed by atoms with Gasteiger partial charge in [0.25, 0.3) is 11.5 Å². The maximum Gasteiger partial charge on any atom is 0.268 e. The van der Waals surface area contributed by atoms with Gasteiger partial charge in [0.2, 0.25) is 0 Å². The maximum atomic E-state index is 12.5. The molecule has 5 heteroatoms. The Labute approximate surface area is 135 Å². The maximum absolute atomic E-state index is 12.5. The van der Waals surface area contributed by atoms with Crippen LogP contribution in [0.15, 0.2) is 35.1 Å². The highest BCUT2D eigenvalue weighted by molar-refractivity contribution is 5.96. The number of fused-ring (bicyclic) bond motifs is 1. The first-order chi connectivity index (χ1) is 11.2. The molecule has 1 heterocycles. The first kappa shape index (κ1) is 15.7. The third-order valence-corrected chi connectivity index (χ3v) is 4.79. The summed E-state index contributed by atoms with van der Waals surface area (Å²) in [6, 6.07) is 8.95. The lowest BCUT2D eigenvalue weighted by atomic mass is 9.84. The number of amides is 1. The molecule has 3 rings (SSSR count). The van der Waals surface area contributed by atoms with Crippen molar-refractivity contribution >= 4 is 16.7 Å². The highest BCUT2D eigenvalue weighted by Crippen LogP contribution is 2.26. The van der Waals surface area contributed by atoms with E-state index in [0.29, 0.717) is 23.5 Å². The molecule has 1 aliphatic carbocycles. The number of carbonyl (C=O) groups is 1. The van der Waals surface area contributed by atoms with E-state index in [1.807, 2.05) is 18.2 Å². The second kappa shape index (κ2) is 6.96. The standard InChI is InChI=1S/C18H23N3O2/c19-11-16(12-6-2-1-3-7-12)21-18(23)15-10-13-8-4-5-9-14(13)17(22)20-15/h4-5,8-10,12,16H,1-3,6-7,11,19H2,(H,20,22)(H,21,23). The SMILES string of the molecule is NCC(NC(=O)c1cc2ccccc2c(=O)[nH]1)C1CCCCC1. The summed E-state index contributed by atoms with van der Waals surface area (Å²) >= 11 is 0. The number of nitrogens with one attached hydrogen (secondary N) is 2. The molecule has 0 aliphatic heterocycles. The molecule has 23 heavy (non-hydrogen) atoms. The van der Waals surface area contributed by atoms with Crippen LogP contribution < -0.4 is 16.6 Å². The molecule has 0 saturated heterocycles. The molecule has 1 aromatic carbocycles. The van der Waals surface area contributed by atoms with Gasteiger partial charge in [-0.05, 0) is 36.3 Å². The monoisotopic (exact) mass is 313 g/mol. The molecule has 1 aliphatic rings. The van der Waals surface area contributed by atoms with Crippen LogP contribution in [0.5, 0.6) is 0 Å². The molecule has 1 saturated carbocycles. The Morgan fingerprint density at radius 1 is 1.26 bits per heavy atom. The van der Waals surface area contributed by atoms with Gasteiger partial charge in [-0.15, -0.1) is 0 Å². The van der Waals surface area contributed by atoms with Crippen LogP contribution >= 0.6 is 0 Å². The fraction of sp³-hybridized carbons (Fsp3) is 0.444. The van der Waals surface area contributed by atoms with Crippen molar-refractivity contribution in [3.05, 3.63) is 46.4 Å². The van der Waals surface area contributed by atoms with Crippen molar-refractivity contribution in [3.8, 4) is 0 Å². The van der Waals surface area contributed by atoms with Crippen LogP contribution in [-0.2, 0) is 0 Å². The van der Waals surface area contributed by atoms with E-state index in [4.69, 9.17) is 5.73 Å². The van der Waals surface area contributed by atoms with Crippen LogP contribution in [0.25, 0.3) is 10.8 Å². The van der Waals surface area contributed by atoms with Gasteiger partial charge in [0.05, 0.1) is 0 Å². The molecule has 0 radical (unpaired) electrons. The number of carbonyl (C=O) groups excluding carboxylic acids is 1. The van der Waals surface area contributed by atoms with Gasteiger partial charge >= 0.3 is 0 Å². The molecule has 1 amide bonds. The Morgan fingerprint density at radius 3 is 2.74 bits per heavy atom. The molecule has 1 aromatic heterocycles. The van der Waals surface area contributed by atoms with Crippen molar-refractivity contribution in [1.29, 1.82) is 0 Å². The molecule has 1 fully saturated rings.